The number of carbonyl (C=O) groups excluding carboxylic acids is 2. The van der Waals surface area contributed by atoms with Crippen LogP contribution < -0.4 is 0 Å². The molecule has 0 radical (unpaired) electrons. The van der Waals surface area contributed by atoms with Crippen LogP contribution in [0.5, 0.6) is 0 Å². The number of carbonyl (C=O) groups is 2. The topological polar surface area (TPSA) is 52.6 Å². The molecule has 0 saturated carbocycles. The third-order valence-corrected chi connectivity index (χ3v) is 5.74. The average molecular weight is 250 g/mol. The minimum Gasteiger partial charge on any atom is -0.485 e. The van der Waals surface area contributed by atoms with Gasteiger partial charge in [-0.25, -0.2) is 0 Å². The third kappa shape index (κ3) is 5.84. The van der Waals surface area contributed by atoms with Crippen molar-refractivity contribution in [2.75, 3.05) is 5.75 Å². The molecule has 0 aromatic carbocycles. The Morgan fingerprint density at radius 1 is 1.20 bits per heavy atom. The lowest BCUT2D eigenvalue weighted by Crippen LogP contribution is -2.44. The molecule has 0 rings (SSSR count). The molecule has 0 aliphatic rings. The zero-order chi connectivity index (χ0) is 11.9. The van der Waals surface area contributed by atoms with Crippen LogP contribution in [0.25, 0.3) is 0 Å². The quantitative estimate of drug-likeness (QED) is 0.578. The second-order valence-corrected chi connectivity index (χ2v) is 7.16. The van der Waals surface area contributed by atoms with Gasteiger partial charge < -0.3 is 8.85 Å². The van der Waals surface area contributed by atoms with Gasteiger partial charge in [-0.3, -0.25) is 9.59 Å². The highest BCUT2D eigenvalue weighted by molar-refractivity contribution is 7.80. The second kappa shape index (κ2) is 6.89. The Morgan fingerprint density at radius 2 is 1.67 bits per heavy atom. The van der Waals surface area contributed by atoms with Gasteiger partial charge in [-0.1, -0.05) is 6.92 Å². The predicted molar refractivity (Wildman–Crippen MR) is 63.0 cm³/mol. The molecule has 0 aromatic rings. The van der Waals surface area contributed by atoms with Gasteiger partial charge >= 0.3 is 8.56 Å². The smallest absolute Gasteiger partial charge is 0.463 e. The third-order valence-electron chi connectivity index (χ3n) is 1.91. The highest BCUT2D eigenvalue weighted by Crippen LogP contribution is 2.21. The fourth-order valence-electron chi connectivity index (χ4n) is 1.32. The summed E-state index contributed by atoms with van der Waals surface area (Å²) in [6.07, 6.45) is 0.781. The Morgan fingerprint density at radius 3 is 1.93 bits per heavy atom. The van der Waals surface area contributed by atoms with E-state index in [4.69, 9.17) is 8.85 Å². The van der Waals surface area contributed by atoms with Crippen molar-refractivity contribution in [2.45, 2.75) is 39.3 Å². The molecule has 0 saturated heterocycles. The Balaban J connectivity index is 4.58. The zero-order valence-electron chi connectivity index (χ0n) is 9.41. The van der Waals surface area contributed by atoms with Crippen LogP contribution in [-0.2, 0) is 18.4 Å². The fourth-order valence-corrected chi connectivity index (χ4v) is 4.42. The Kier molecular flexibility index (Phi) is 6.67. The maximum atomic E-state index is 11.0. The minimum atomic E-state index is -2.66. The largest absolute Gasteiger partial charge is 0.485 e. The van der Waals surface area contributed by atoms with Gasteiger partial charge in [0.25, 0.3) is 11.9 Å². The number of hydrogen-bond acceptors (Lipinski definition) is 5. The van der Waals surface area contributed by atoms with Crippen LogP contribution in [0, 0.1) is 0 Å². The maximum Gasteiger partial charge on any atom is 0.463 e. The monoisotopic (exact) mass is 250 g/mol. The first kappa shape index (κ1) is 14.5. The van der Waals surface area contributed by atoms with E-state index in [9.17, 15) is 9.59 Å². The Hall–Kier alpha value is -0.493. The molecule has 0 aliphatic heterocycles. The van der Waals surface area contributed by atoms with Gasteiger partial charge in [-0.05, 0) is 12.2 Å². The molecule has 0 fully saturated rings. The minimum absolute atomic E-state index is 0.385. The molecule has 15 heavy (non-hydrogen) atoms. The van der Waals surface area contributed by atoms with E-state index in [1.807, 2.05) is 6.92 Å². The lowest BCUT2D eigenvalue weighted by molar-refractivity contribution is -0.139. The van der Waals surface area contributed by atoms with Gasteiger partial charge in [-0.2, -0.15) is 12.6 Å². The van der Waals surface area contributed by atoms with Crippen molar-refractivity contribution in [2.24, 2.45) is 0 Å². The molecule has 0 amide bonds. The lowest BCUT2D eigenvalue weighted by atomic mass is 10.6. The Labute approximate surface area is 97.0 Å². The summed E-state index contributed by atoms with van der Waals surface area (Å²) in [6, 6.07) is 1.20. The van der Waals surface area contributed by atoms with Crippen molar-refractivity contribution >= 4 is 33.1 Å². The number of rotatable bonds is 6. The van der Waals surface area contributed by atoms with E-state index >= 15 is 0 Å². The van der Waals surface area contributed by atoms with Crippen LogP contribution in [0.2, 0.25) is 12.1 Å². The summed E-state index contributed by atoms with van der Waals surface area (Å²) in [5.41, 5.74) is 0. The molecule has 88 valence electrons. The van der Waals surface area contributed by atoms with Crippen LogP contribution in [-0.4, -0.2) is 26.3 Å². The van der Waals surface area contributed by atoms with E-state index in [1.165, 1.54) is 13.8 Å². The normalized spacial score (nSPS) is 10.9. The van der Waals surface area contributed by atoms with Gasteiger partial charge in [0.15, 0.2) is 0 Å². The molecule has 0 unspecified atom stereocenters. The summed E-state index contributed by atoms with van der Waals surface area (Å²) < 4.78 is 10.4. The van der Waals surface area contributed by atoms with Crippen molar-refractivity contribution < 1.29 is 18.4 Å². The molecular weight excluding hydrogens is 232 g/mol. The summed E-state index contributed by atoms with van der Waals surface area (Å²) >= 11 is 4.09. The highest BCUT2D eigenvalue weighted by atomic mass is 32.1. The first-order valence-electron chi connectivity index (χ1n) is 4.96. The van der Waals surface area contributed by atoms with E-state index < -0.39 is 8.56 Å². The van der Waals surface area contributed by atoms with Crippen LogP contribution in [0.3, 0.4) is 0 Å². The van der Waals surface area contributed by atoms with E-state index in [0.717, 1.165) is 6.42 Å². The first-order valence-corrected chi connectivity index (χ1v) is 7.82. The van der Waals surface area contributed by atoms with Gasteiger partial charge in [0.05, 0.1) is 0 Å². The molecule has 0 spiro atoms. The van der Waals surface area contributed by atoms with E-state index in [1.54, 1.807) is 0 Å². The van der Waals surface area contributed by atoms with E-state index in [-0.39, 0.29) is 11.9 Å². The van der Waals surface area contributed by atoms with Crippen molar-refractivity contribution in [1.29, 1.82) is 0 Å². The highest BCUT2D eigenvalue weighted by Gasteiger charge is 2.41. The van der Waals surface area contributed by atoms with Crippen molar-refractivity contribution in [3.8, 4) is 0 Å². The van der Waals surface area contributed by atoms with Crippen LogP contribution >= 0.6 is 12.6 Å². The maximum absolute atomic E-state index is 11.0. The van der Waals surface area contributed by atoms with Crippen molar-refractivity contribution in [3.63, 3.8) is 0 Å². The van der Waals surface area contributed by atoms with Gasteiger partial charge in [0.2, 0.25) is 0 Å². The standard InChI is InChI=1S/C9H18O4SSi/c1-4-15(7-5-6-14,12-8(2)10)13-9(3)11/h14H,4-7H2,1-3H3. The van der Waals surface area contributed by atoms with E-state index in [2.05, 4.69) is 12.6 Å². The number of hydrogen-bond donors (Lipinski definition) is 1. The molecule has 0 bridgehead atoms. The fraction of sp³-hybridized carbons (Fsp3) is 0.778. The molecular formula is C9H18O4SSi. The molecule has 0 aliphatic carbocycles. The summed E-state index contributed by atoms with van der Waals surface area (Å²) in [5, 5.41) is 0. The van der Waals surface area contributed by atoms with Crippen LogP contribution in [0.4, 0.5) is 0 Å². The second-order valence-electron chi connectivity index (χ2n) is 3.28. The van der Waals surface area contributed by atoms with Gasteiger partial charge in [0, 0.05) is 25.9 Å². The molecule has 6 heteroatoms. The van der Waals surface area contributed by atoms with Crippen molar-refractivity contribution in [1.82, 2.24) is 0 Å². The lowest BCUT2D eigenvalue weighted by Gasteiger charge is -2.27. The Bertz CT molecular complexity index is 216. The SMILES string of the molecule is CC[Si](CCCS)(OC(C)=O)OC(C)=O. The van der Waals surface area contributed by atoms with Gasteiger partial charge in [0.1, 0.15) is 0 Å². The van der Waals surface area contributed by atoms with Gasteiger partial charge in [-0.15, -0.1) is 0 Å². The number of thiol groups is 1. The predicted octanol–water partition coefficient (Wildman–Crippen LogP) is 1.89. The van der Waals surface area contributed by atoms with Crippen LogP contribution in [0.15, 0.2) is 0 Å². The molecule has 0 aromatic heterocycles. The average Bonchev–Trinajstić information content (AvgIpc) is 2.12. The van der Waals surface area contributed by atoms with Crippen molar-refractivity contribution in [3.05, 3.63) is 0 Å². The van der Waals surface area contributed by atoms with Crippen LogP contribution in [0.1, 0.15) is 27.2 Å². The molecule has 0 heterocycles. The molecule has 4 nitrogen and oxygen atoms in total. The first-order chi connectivity index (χ1) is 6.95. The summed E-state index contributed by atoms with van der Waals surface area (Å²) in [5.74, 6) is -0.0788. The summed E-state index contributed by atoms with van der Waals surface area (Å²) in [4.78, 5) is 21.9. The molecule has 0 atom stereocenters. The summed E-state index contributed by atoms with van der Waals surface area (Å²) in [6.45, 7) is 4.54. The molecule has 0 N–H and O–H groups in total. The van der Waals surface area contributed by atoms with E-state index in [0.29, 0.717) is 17.8 Å². The zero-order valence-corrected chi connectivity index (χ0v) is 11.3. The summed E-state index contributed by atoms with van der Waals surface area (Å²) in [7, 11) is -2.66.